The van der Waals surface area contributed by atoms with Crippen molar-refractivity contribution in [2.45, 2.75) is 19.6 Å². The van der Waals surface area contributed by atoms with E-state index in [1.807, 2.05) is 62.5 Å². The molecule has 1 aliphatic rings. The summed E-state index contributed by atoms with van der Waals surface area (Å²) in [5.41, 5.74) is 1.70. The quantitative estimate of drug-likeness (QED) is 0.644. The Labute approximate surface area is 163 Å². The second kappa shape index (κ2) is 7.62. The van der Waals surface area contributed by atoms with Crippen LogP contribution >= 0.6 is 11.6 Å². The predicted octanol–water partition coefficient (Wildman–Crippen LogP) is 4.58. The average molecular weight is 385 g/mol. The van der Waals surface area contributed by atoms with Crippen molar-refractivity contribution in [2.75, 3.05) is 20.2 Å². The van der Waals surface area contributed by atoms with Gasteiger partial charge in [-0.2, -0.15) is 0 Å². The predicted molar refractivity (Wildman–Crippen MR) is 104 cm³/mol. The fourth-order valence-electron chi connectivity index (χ4n) is 3.15. The maximum absolute atomic E-state index is 6.26. The van der Waals surface area contributed by atoms with Crippen molar-refractivity contribution in [3.63, 3.8) is 0 Å². The Balaban J connectivity index is 1.42. The summed E-state index contributed by atoms with van der Waals surface area (Å²) in [6.07, 6.45) is -0.0276. The fourth-order valence-corrected chi connectivity index (χ4v) is 3.36. The summed E-state index contributed by atoms with van der Waals surface area (Å²) < 4.78 is 17.7. The Morgan fingerprint density at radius 2 is 1.85 bits per heavy atom. The first kappa shape index (κ1) is 17.9. The molecule has 1 unspecified atom stereocenters. The van der Waals surface area contributed by atoms with Crippen LogP contribution in [0.4, 0.5) is 0 Å². The monoisotopic (exact) mass is 384 g/mol. The van der Waals surface area contributed by atoms with Gasteiger partial charge in [0.15, 0.2) is 11.5 Å². The van der Waals surface area contributed by atoms with Gasteiger partial charge < -0.3 is 13.9 Å². The lowest BCUT2D eigenvalue weighted by atomic mass is 10.2. The second-order valence-corrected chi connectivity index (χ2v) is 7.10. The first-order valence-electron chi connectivity index (χ1n) is 8.88. The molecule has 0 spiro atoms. The molecule has 1 atom stereocenters. The van der Waals surface area contributed by atoms with E-state index in [1.54, 1.807) is 0 Å². The summed E-state index contributed by atoms with van der Waals surface area (Å²) in [6, 6.07) is 15.3. The summed E-state index contributed by atoms with van der Waals surface area (Å²) >= 11 is 6.26. The van der Waals surface area contributed by atoms with Gasteiger partial charge in [0.05, 0.1) is 16.3 Å². The molecule has 0 saturated heterocycles. The van der Waals surface area contributed by atoms with Crippen LogP contribution in [0.5, 0.6) is 11.5 Å². The third-order valence-corrected chi connectivity index (χ3v) is 4.83. The molecule has 2 aromatic carbocycles. The summed E-state index contributed by atoms with van der Waals surface area (Å²) in [6.45, 7) is 3.83. The van der Waals surface area contributed by atoms with Gasteiger partial charge in [-0.05, 0) is 38.2 Å². The number of benzene rings is 2. The third kappa shape index (κ3) is 3.94. The SMILES string of the molecule is Cc1oc(-c2ccccc2Cl)nc1CN(C)CC1COc2ccccc2O1. The molecule has 2 heterocycles. The van der Waals surface area contributed by atoms with E-state index in [-0.39, 0.29) is 6.10 Å². The maximum atomic E-state index is 6.26. The van der Waals surface area contributed by atoms with Crippen LogP contribution in [0.1, 0.15) is 11.5 Å². The topological polar surface area (TPSA) is 47.7 Å². The molecule has 140 valence electrons. The van der Waals surface area contributed by atoms with Crippen LogP contribution in [0.25, 0.3) is 11.5 Å². The molecule has 27 heavy (non-hydrogen) atoms. The van der Waals surface area contributed by atoms with E-state index in [9.17, 15) is 0 Å². The van der Waals surface area contributed by atoms with Gasteiger partial charge in [0.2, 0.25) is 5.89 Å². The summed E-state index contributed by atoms with van der Waals surface area (Å²) in [5.74, 6) is 2.93. The molecule has 0 amide bonds. The van der Waals surface area contributed by atoms with E-state index in [4.69, 9.17) is 25.5 Å². The highest BCUT2D eigenvalue weighted by atomic mass is 35.5. The number of likely N-dealkylation sites (N-methyl/N-ethyl adjacent to an activating group) is 1. The minimum Gasteiger partial charge on any atom is -0.486 e. The van der Waals surface area contributed by atoms with Crippen molar-refractivity contribution < 1.29 is 13.9 Å². The number of rotatable bonds is 5. The van der Waals surface area contributed by atoms with Crippen LogP contribution in [-0.2, 0) is 6.54 Å². The van der Waals surface area contributed by atoms with E-state index < -0.39 is 0 Å². The lowest BCUT2D eigenvalue weighted by molar-refractivity contribution is 0.0634. The lowest BCUT2D eigenvalue weighted by Gasteiger charge is -2.29. The van der Waals surface area contributed by atoms with E-state index >= 15 is 0 Å². The Morgan fingerprint density at radius 1 is 1.11 bits per heavy atom. The van der Waals surface area contributed by atoms with E-state index in [0.717, 1.165) is 35.1 Å². The molecule has 0 fully saturated rings. The molecule has 0 radical (unpaired) electrons. The van der Waals surface area contributed by atoms with Crippen molar-refractivity contribution in [1.82, 2.24) is 9.88 Å². The molecule has 3 aromatic rings. The van der Waals surface area contributed by atoms with Crippen molar-refractivity contribution in [1.29, 1.82) is 0 Å². The fraction of sp³-hybridized carbons (Fsp3) is 0.286. The van der Waals surface area contributed by atoms with Gasteiger partial charge in [-0.1, -0.05) is 35.9 Å². The molecule has 0 bridgehead atoms. The smallest absolute Gasteiger partial charge is 0.228 e. The van der Waals surface area contributed by atoms with Crippen LogP contribution in [-0.4, -0.2) is 36.2 Å². The molecule has 1 aromatic heterocycles. The van der Waals surface area contributed by atoms with Crippen LogP contribution in [0.15, 0.2) is 52.9 Å². The normalized spacial score (nSPS) is 15.9. The van der Waals surface area contributed by atoms with Gasteiger partial charge in [0.1, 0.15) is 18.5 Å². The Bertz CT molecular complexity index is 941. The number of hydrogen-bond donors (Lipinski definition) is 0. The Hall–Kier alpha value is -2.50. The summed E-state index contributed by atoms with van der Waals surface area (Å²) in [7, 11) is 2.03. The van der Waals surface area contributed by atoms with Gasteiger partial charge in [0, 0.05) is 13.1 Å². The molecule has 0 N–H and O–H groups in total. The molecule has 1 aliphatic heterocycles. The highest BCUT2D eigenvalue weighted by Gasteiger charge is 2.23. The zero-order chi connectivity index (χ0) is 18.8. The summed E-state index contributed by atoms with van der Waals surface area (Å²) in [4.78, 5) is 6.80. The van der Waals surface area contributed by atoms with Crippen LogP contribution in [0.3, 0.4) is 0 Å². The molecular formula is C21H21ClN2O3. The van der Waals surface area contributed by atoms with Gasteiger partial charge in [-0.25, -0.2) is 4.98 Å². The maximum Gasteiger partial charge on any atom is 0.228 e. The Kier molecular flexibility index (Phi) is 5.05. The van der Waals surface area contributed by atoms with Crippen molar-refractivity contribution in [2.24, 2.45) is 0 Å². The number of nitrogens with zero attached hydrogens (tertiary/aromatic N) is 2. The second-order valence-electron chi connectivity index (χ2n) is 6.70. The molecule has 6 heteroatoms. The van der Waals surface area contributed by atoms with Crippen LogP contribution in [0.2, 0.25) is 5.02 Å². The molecule has 5 nitrogen and oxygen atoms in total. The van der Waals surface area contributed by atoms with Crippen LogP contribution < -0.4 is 9.47 Å². The van der Waals surface area contributed by atoms with Crippen LogP contribution in [0, 0.1) is 6.92 Å². The van der Waals surface area contributed by atoms with Crippen molar-refractivity contribution in [3.8, 4) is 23.0 Å². The van der Waals surface area contributed by atoms with E-state index in [0.29, 0.717) is 24.1 Å². The number of para-hydroxylation sites is 2. The zero-order valence-corrected chi connectivity index (χ0v) is 16.1. The number of aromatic nitrogens is 1. The zero-order valence-electron chi connectivity index (χ0n) is 15.3. The third-order valence-electron chi connectivity index (χ3n) is 4.50. The molecular weight excluding hydrogens is 364 g/mol. The standard InChI is InChI=1S/C21H21ClN2O3/c1-14-18(23-21(26-14)16-7-3-4-8-17(16)22)12-24(2)11-15-13-25-19-9-5-6-10-20(19)27-15/h3-10,15H,11-13H2,1-2H3. The number of hydrogen-bond acceptors (Lipinski definition) is 5. The minimum atomic E-state index is -0.0276. The summed E-state index contributed by atoms with van der Waals surface area (Å²) in [5, 5.41) is 0.630. The van der Waals surface area contributed by atoms with Crippen molar-refractivity contribution in [3.05, 3.63) is 65.0 Å². The van der Waals surface area contributed by atoms with Gasteiger partial charge >= 0.3 is 0 Å². The average Bonchev–Trinajstić information content (AvgIpc) is 3.02. The molecule has 0 saturated carbocycles. The highest BCUT2D eigenvalue weighted by Crippen LogP contribution is 2.31. The van der Waals surface area contributed by atoms with Gasteiger partial charge in [0.25, 0.3) is 0 Å². The van der Waals surface area contributed by atoms with E-state index in [2.05, 4.69) is 9.88 Å². The lowest BCUT2D eigenvalue weighted by Crippen LogP contribution is -2.39. The molecule has 0 aliphatic carbocycles. The van der Waals surface area contributed by atoms with Gasteiger partial charge in [-0.15, -0.1) is 0 Å². The van der Waals surface area contributed by atoms with Gasteiger partial charge in [-0.3, -0.25) is 4.90 Å². The number of fused-ring (bicyclic) bond motifs is 1. The highest BCUT2D eigenvalue weighted by molar-refractivity contribution is 6.33. The first-order valence-corrected chi connectivity index (χ1v) is 9.26. The first-order chi connectivity index (χ1) is 13.1. The number of halogens is 1. The largest absolute Gasteiger partial charge is 0.486 e. The minimum absolute atomic E-state index is 0.0276. The van der Waals surface area contributed by atoms with E-state index in [1.165, 1.54) is 0 Å². The Morgan fingerprint density at radius 3 is 2.67 bits per heavy atom. The number of aryl methyl sites for hydroxylation is 1. The number of ether oxygens (including phenoxy) is 2. The number of oxazole rings is 1. The molecule has 4 rings (SSSR count). The van der Waals surface area contributed by atoms with Crippen molar-refractivity contribution >= 4 is 11.6 Å².